The second-order valence-corrected chi connectivity index (χ2v) is 6.47. The van der Waals surface area contributed by atoms with Gasteiger partial charge in [-0.15, -0.1) is 11.3 Å². The first kappa shape index (κ1) is 18.1. The van der Waals surface area contributed by atoms with Crippen molar-refractivity contribution < 1.29 is 23.1 Å². The molecule has 0 saturated heterocycles. The summed E-state index contributed by atoms with van der Waals surface area (Å²) in [4.78, 5) is 25.6. The molecule has 1 amide bonds. The molecule has 0 spiro atoms. The fourth-order valence-corrected chi connectivity index (χ4v) is 3.06. The number of esters is 1. The number of halogens is 2. The normalized spacial score (nSPS) is 11.9. The smallest absolute Gasteiger partial charge is 0.349 e. The lowest BCUT2D eigenvalue weighted by Gasteiger charge is -2.13. The van der Waals surface area contributed by atoms with Gasteiger partial charge in [0.25, 0.3) is 5.91 Å². The Hall–Kier alpha value is -2.28. The van der Waals surface area contributed by atoms with Gasteiger partial charge in [-0.25, -0.2) is 13.6 Å². The van der Waals surface area contributed by atoms with Gasteiger partial charge in [0.15, 0.2) is 17.7 Å². The van der Waals surface area contributed by atoms with E-state index in [4.69, 9.17) is 4.74 Å². The molecule has 1 heterocycles. The molecular formula is C17H17F2NO3S. The van der Waals surface area contributed by atoms with Crippen molar-refractivity contribution in [2.24, 2.45) is 0 Å². The summed E-state index contributed by atoms with van der Waals surface area (Å²) in [5.74, 6) is -3.29. The first-order valence-electron chi connectivity index (χ1n) is 7.38. The van der Waals surface area contributed by atoms with Crippen molar-refractivity contribution in [3.63, 3.8) is 0 Å². The maximum absolute atomic E-state index is 13.1. The predicted molar refractivity (Wildman–Crippen MR) is 88.3 cm³/mol. The number of nitrogens with one attached hydrogen (secondary N) is 1. The standard InChI is InChI=1S/C17H17F2NO3S/c1-4-11-7-15(24-10(11)3)17(22)23-9(2)16(21)20-12-5-6-13(18)14(19)8-12/h5-9H,4H2,1-3H3,(H,20,21)/t9-/m0/s1. The van der Waals surface area contributed by atoms with Crippen LogP contribution < -0.4 is 5.32 Å². The highest BCUT2D eigenvalue weighted by molar-refractivity contribution is 7.14. The molecule has 24 heavy (non-hydrogen) atoms. The maximum Gasteiger partial charge on any atom is 0.349 e. The predicted octanol–water partition coefficient (Wildman–Crippen LogP) is 4.08. The summed E-state index contributed by atoms with van der Waals surface area (Å²) in [7, 11) is 0. The van der Waals surface area contributed by atoms with Gasteiger partial charge in [-0.3, -0.25) is 4.79 Å². The molecular weight excluding hydrogens is 336 g/mol. The topological polar surface area (TPSA) is 55.4 Å². The molecule has 0 aliphatic heterocycles. The van der Waals surface area contributed by atoms with E-state index in [0.29, 0.717) is 4.88 Å². The number of hydrogen-bond donors (Lipinski definition) is 1. The Labute approximate surface area is 142 Å². The van der Waals surface area contributed by atoms with Crippen molar-refractivity contribution in [2.45, 2.75) is 33.3 Å². The van der Waals surface area contributed by atoms with Crippen LogP contribution in [-0.2, 0) is 16.0 Å². The number of anilines is 1. The summed E-state index contributed by atoms with van der Waals surface area (Å²) in [6.45, 7) is 5.32. The van der Waals surface area contributed by atoms with Crippen LogP contribution in [-0.4, -0.2) is 18.0 Å². The van der Waals surface area contributed by atoms with Gasteiger partial charge in [0.05, 0.1) is 0 Å². The van der Waals surface area contributed by atoms with Gasteiger partial charge in [-0.2, -0.15) is 0 Å². The zero-order valence-corrected chi connectivity index (χ0v) is 14.3. The van der Waals surface area contributed by atoms with Crippen LogP contribution in [0.2, 0.25) is 0 Å². The average molecular weight is 353 g/mol. The SMILES string of the molecule is CCc1cc(C(=O)O[C@@H](C)C(=O)Nc2ccc(F)c(F)c2)sc1C. The number of amides is 1. The molecule has 1 atom stereocenters. The van der Waals surface area contributed by atoms with E-state index in [1.165, 1.54) is 24.3 Å². The molecule has 0 bridgehead atoms. The van der Waals surface area contributed by atoms with Crippen LogP contribution in [0.1, 0.15) is 34.0 Å². The van der Waals surface area contributed by atoms with Crippen molar-refractivity contribution in [1.82, 2.24) is 0 Å². The van der Waals surface area contributed by atoms with Crippen LogP contribution in [0.25, 0.3) is 0 Å². The van der Waals surface area contributed by atoms with Crippen molar-refractivity contribution in [2.75, 3.05) is 5.32 Å². The second kappa shape index (κ2) is 7.53. The van der Waals surface area contributed by atoms with Gasteiger partial charge >= 0.3 is 5.97 Å². The van der Waals surface area contributed by atoms with Crippen LogP contribution >= 0.6 is 11.3 Å². The van der Waals surface area contributed by atoms with E-state index in [1.807, 2.05) is 13.8 Å². The van der Waals surface area contributed by atoms with Crippen LogP contribution in [0.15, 0.2) is 24.3 Å². The molecule has 2 aromatic rings. The number of thiophene rings is 1. The summed E-state index contributed by atoms with van der Waals surface area (Å²) in [6.07, 6.45) is -0.264. The fraction of sp³-hybridized carbons (Fsp3) is 0.294. The Morgan fingerprint density at radius 2 is 1.96 bits per heavy atom. The van der Waals surface area contributed by atoms with Crippen molar-refractivity contribution >= 4 is 28.9 Å². The van der Waals surface area contributed by atoms with Crippen LogP contribution in [0.5, 0.6) is 0 Å². The Morgan fingerprint density at radius 1 is 1.25 bits per heavy atom. The minimum absolute atomic E-state index is 0.0852. The van der Waals surface area contributed by atoms with E-state index in [-0.39, 0.29) is 5.69 Å². The van der Waals surface area contributed by atoms with E-state index >= 15 is 0 Å². The number of ether oxygens (including phenoxy) is 1. The summed E-state index contributed by atoms with van der Waals surface area (Å²) >= 11 is 1.31. The van der Waals surface area contributed by atoms with Crippen LogP contribution in [0.3, 0.4) is 0 Å². The van der Waals surface area contributed by atoms with Crippen molar-refractivity contribution in [3.05, 3.63) is 51.2 Å². The Morgan fingerprint density at radius 3 is 2.54 bits per heavy atom. The average Bonchev–Trinajstić information content (AvgIpc) is 2.92. The van der Waals surface area contributed by atoms with E-state index in [2.05, 4.69) is 5.32 Å². The van der Waals surface area contributed by atoms with Gasteiger partial charge in [0, 0.05) is 16.6 Å². The van der Waals surface area contributed by atoms with E-state index in [0.717, 1.165) is 29.0 Å². The molecule has 0 aliphatic carbocycles. The third-order valence-electron chi connectivity index (χ3n) is 3.44. The zero-order chi connectivity index (χ0) is 17.9. The molecule has 2 rings (SSSR count). The number of aryl methyl sites for hydroxylation is 2. The van der Waals surface area contributed by atoms with Crippen molar-refractivity contribution in [1.29, 1.82) is 0 Å². The van der Waals surface area contributed by atoms with Gasteiger partial charge in [0.2, 0.25) is 0 Å². The van der Waals surface area contributed by atoms with Gasteiger partial charge in [0.1, 0.15) is 4.88 Å². The van der Waals surface area contributed by atoms with E-state index < -0.39 is 29.6 Å². The minimum Gasteiger partial charge on any atom is -0.448 e. The van der Waals surface area contributed by atoms with Crippen molar-refractivity contribution in [3.8, 4) is 0 Å². The number of hydrogen-bond acceptors (Lipinski definition) is 4. The lowest BCUT2D eigenvalue weighted by Crippen LogP contribution is -2.29. The molecule has 0 radical (unpaired) electrons. The van der Waals surface area contributed by atoms with Crippen LogP contribution in [0.4, 0.5) is 14.5 Å². The molecule has 0 saturated carbocycles. The highest BCUT2D eigenvalue weighted by atomic mass is 32.1. The lowest BCUT2D eigenvalue weighted by atomic mass is 10.2. The summed E-state index contributed by atoms with van der Waals surface area (Å²) in [5, 5.41) is 2.37. The van der Waals surface area contributed by atoms with Crippen LogP contribution in [0, 0.1) is 18.6 Å². The van der Waals surface area contributed by atoms with Gasteiger partial charge in [-0.05, 0) is 44.0 Å². The summed E-state index contributed by atoms with van der Waals surface area (Å²) in [5.41, 5.74) is 1.15. The zero-order valence-electron chi connectivity index (χ0n) is 13.5. The molecule has 1 aromatic carbocycles. The molecule has 128 valence electrons. The Bertz CT molecular complexity index is 773. The number of benzene rings is 1. The summed E-state index contributed by atoms with van der Waals surface area (Å²) < 4.78 is 31.1. The largest absolute Gasteiger partial charge is 0.448 e. The first-order chi connectivity index (χ1) is 11.3. The molecule has 0 fully saturated rings. The lowest BCUT2D eigenvalue weighted by molar-refractivity contribution is -0.123. The first-order valence-corrected chi connectivity index (χ1v) is 8.19. The third-order valence-corrected chi connectivity index (χ3v) is 4.52. The Balaban J connectivity index is 1.99. The Kier molecular flexibility index (Phi) is 5.66. The molecule has 1 N–H and O–H groups in total. The monoisotopic (exact) mass is 353 g/mol. The number of carbonyl (C=O) groups is 2. The maximum atomic E-state index is 13.1. The highest BCUT2D eigenvalue weighted by Gasteiger charge is 2.21. The molecule has 0 unspecified atom stereocenters. The number of rotatable bonds is 5. The minimum atomic E-state index is -1.07. The molecule has 1 aromatic heterocycles. The molecule has 7 heteroatoms. The molecule has 0 aliphatic rings. The second-order valence-electron chi connectivity index (χ2n) is 5.21. The summed E-state index contributed by atoms with van der Waals surface area (Å²) in [6, 6.07) is 4.74. The fourth-order valence-electron chi connectivity index (χ4n) is 2.06. The highest BCUT2D eigenvalue weighted by Crippen LogP contribution is 2.23. The van der Waals surface area contributed by atoms with E-state index in [1.54, 1.807) is 6.07 Å². The van der Waals surface area contributed by atoms with Gasteiger partial charge < -0.3 is 10.1 Å². The van der Waals surface area contributed by atoms with Gasteiger partial charge in [-0.1, -0.05) is 6.92 Å². The number of carbonyl (C=O) groups excluding carboxylic acids is 2. The molecule has 4 nitrogen and oxygen atoms in total. The quantitative estimate of drug-likeness (QED) is 0.824. The van der Waals surface area contributed by atoms with E-state index in [9.17, 15) is 18.4 Å². The third kappa shape index (κ3) is 4.17.